The summed E-state index contributed by atoms with van der Waals surface area (Å²) in [5, 5.41) is 37.3. The van der Waals surface area contributed by atoms with Crippen LogP contribution >= 0.6 is 0 Å². The van der Waals surface area contributed by atoms with E-state index in [-0.39, 0.29) is 18.1 Å². The van der Waals surface area contributed by atoms with Gasteiger partial charge in [0.15, 0.2) is 11.4 Å². The zero-order chi connectivity index (χ0) is 36.6. The molecule has 3 atom stereocenters. The highest BCUT2D eigenvalue weighted by molar-refractivity contribution is 5.91. The summed E-state index contributed by atoms with van der Waals surface area (Å²) >= 11 is 0. The Morgan fingerprint density at radius 3 is 2.58 bits per heavy atom. The number of aliphatic hydroxyl groups excluding tert-OH is 1. The Balaban J connectivity index is 1.05. The number of nitrogens with zero attached hydrogens (tertiary/aromatic N) is 5. The van der Waals surface area contributed by atoms with Crippen molar-refractivity contribution >= 4 is 39.5 Å². The number of benzene rings is 3. The minimum Gasteiger partial charge on any atom is -0.481 e. The van der Waals surface area contributed by atoms with Crippen LogP contribution in [-0.2, 0) is 17.9 Å². The lowest BCUT2D eigenvalue weighted by Gasteiger charge is -2.17. The van der Waals surface area contributed by atoms with E-state index in [2.05, 4.69) is 58.6 Å². The summed E-state index contributed by atoms with van der Waals surface area (Å²) in [6.45, 7) is 6.99. The zero-order valence-corrected chi connectivity index (χ0v) is 29.8. The molecule has 8 rings (SSSR count). The first-order valence-corrected chi connectivity index (χ1v) is 18.1. The van der Waals surface area contributed by atoms with Crippen LogP contribution < -0.4 is 10.6 Å². The molecular formula is C42H41N7O4. The molecule has 3 aromatic heterocycles. The number of aliphatic carboxylic acids is 1. The van der Waals surface area contributed by atoms with Crippen LogP contribution in [-0.4, -0.2) is 61.3 Å². The van der Waals surface area contributed by atoms with Crippen LogP contribution in [0.25, 0.3) is 44.6 Å². The number of nitrogens with one attached hydrogen (secondary N) is 2. The van der Waals surface area contributed by atoms with Crippen molar-refractivity contribution in [3.05, 3.63) is 101 Å². The fourth-order valence-corrected chi connectivity index (χ4v) is 7.89. The van der Waals surface area contributed by atoms with Crippen LogP contribution in [0.1, 0.15) is 53.5 Å². The van der Waals surface area contributed by atoms with Gasteiger partial charge in [-0.1, -0.05) is 24.3 Å². The topological polar surface area (TPSA) is 160 Å². The van der Waals surface area contributed by atoms with Gasteiger partial charge in [0, 0.05) is 61.3 Å². The molecule has 4 N–H and O–H groups in total. The second-order valence-corrected chi connectivity index (χ2v) is 14.4. The number of hydrogen-bond acceptors (Lipinski definition) is 10. The van der Waals surface area contributed by atoms with Crippen molar-refractivity contribution in [3.63, 3.8) is 0 Å². The average molecular weight is 708 g/mol. The molecule has 11 nitrogen and oxygen atoms in total. The molecule has 2 aliphatic rings. The predicted octanol–water partition coefficient (Wildman–Crippen LogP) is 7.25. The molecule has 3 aromatic carbocycles. The van der Waals surface area contributed by atoms with Crippen molar-refractivity contribution in [2.75, 3.05) is 18.4 Å². The lowest BCUT2D eigenvalue weighted by molar-refractivity contribution is -0.141. The summed E-state index contributed by atoms with van der Waals surface area (Å²) in [6, 6.07) is 22.5. The number of hydrogen-bond donors (Lipinski definition) is 4. The van der Waals surface area contributed by atoms with E-state index in [1.54, 1.807) is 6.20 Å². The van der Waals surface area contributed by atoms with E-state index in [1.807, 2.05) is 48.7 Å². The molecule has 1 aliphatic heterocycles. The summed E-state index contributed by atoms with van der Waals surface area (Å²) in [5.74, 6) is 0.0786. The Morgan fingerprint density at radius 2 is 1.81 bits per heavy atom. The van der Waals surface area contributed by atoms with Crippen LogP contribution in [0.4, 0.5) is 11.5 Å². The third-order valence-corrected chi connectivity index (χ3v) is 10.8. The maximum Gasteiger partial charge on any atom is 0.306 e. The molecule has 268 valence electrons. The Kier molecular flexibility index (Phi) is 9.35. The first kappa shape index (κ1) is 34.4. The van der Waals surface area contributed by atoms with Crippen LogP contribution in [0.2, 0.25) is 0 Å². The summed E-state index contributed by atoms with van der Waals surface area (Å²) < 4.78 is 6.28. The minimum atomic E-state index is -0.738. The lowest BCUT2D eigenvalue weighted by atomic mass is 9.93. The van der Waals surface area contributed by atoms with E-state index in [0.717, 1.165) is 81.5 Å². The maximum absolute atomic E-state index is 11.4. The van der Waals surface area contributed by atoms with Crippen LogP contribution in [0, 0.1) is 31.1 Å². The SMILES string of the molecule is Cc1c(Nc2nccc3cc(CN4CC[C@@H](O)C4)cnc23)cccc1-c1cccc(-c2nc3cc(CNC4CCC(C(=O)O)C4)cc(C#N)c3o2)c1C. The van der Waals surface area contributed by atoms with E-state index in [1.165, 1.54) is 0 Å². The standard InChI is InChI=1S/C42H41N7O4/c1-24-33(5-3-7-35(24)41-48-37-17-26(15-30(19-43)39(37)53-41)20-45-31-10-9-29(18-31)42(51)52)34-6-4-8-36(25(34)2)47-40-38-28(11-13-44-40)16-27(21-46-38)22-49-14-12-32(50)23-49/h3-8,11,13,15-17,21,29,31-32,45,50H,9-10,12,14,18,20,22-23H2,1-2H3,(H,44,47)(H,51,52)/t29?,31?,32-/m1/s1. The molecule has 2 fully saturated rings. The highest BCUT2D eigenvalue weighted by Gasteiger charge is 2.29. The molecule has 0 radical (unpaired) electrons. The first-order valence-electron chi connectivity index (χ1n) is 18.1. The Hall–Kier alpha value is -5.67. The number of carboxylic acids is 1. The van der Waals surface area contributed by atoms with Crippen LogP contribution in [0.3, 0.4) is 0 Å². The molecule has 0 bridgehead atoms. The number of pyridine rings is 2. The third-order valence-electron chi connectivity index (χ3n) is 10.8. The van der Waals surface area contributed by atoms with Crippen LogP contribution in [0.15, 0.2) is 77.5 Å². The molecule has 53 heavy (non-hydrogen) atoms. The summed E-state index contributed by atoms with van der Waals surface area (Å²) in [5.41, 5.74) is 10.2. The summed E-state index contributed by atoms with van der Waals surface area (Å²) in [4.78, 5) is 28.0. The number of carbonyl (C=O) groups is 1. The predicted molar refractivity (Wildman–Crippen MR) is 203 cm³/mol. The van der Waals surface area contributed by atoms with Gasteiger partial charge in [0.05, 0.1) is 17.6 Å². The normalized spacial score (nSPS) is 18.9. The van der Waals surface area contributed by atoms with Crippen LogP contribution in [0.5, 0.6) is 0 Å². The largest absolute Gasteiger partial charge is 0.481 e. The maximum atomic E-state index is 11.4. The Morgan fingerprint density at radius 1 is 1.00 bits per heavy atom. The smallest absolute Gasteiger partial charge is 0.306 e. The lowest BCUT2D eigenvalue weighted by Crippen LogP contribution is -2.26. The van der Waals surface area contributed by atoms with E-state index < -0.39 is 5.97 Å². The third kappa shape index (κ3) is 6.97. The van der Waals surface area contributed by atoms with E-state index in [9.17, 15) is 20.3 Å². The number of likely N-dealkylation sites (tertiary alicyclic amines) is 1. The number of carboxylic acid groups (broad SMARTS) is 1. The minimum absolute atomic E-state index is 0.127. The number of β-amino-alcohol motifs (C(OH)–C–C–N with tert-alkyl or cyclic N) is 1. The van der Waals surface area contributed by atoms with Crippen molar-refractivity contribution in [2.45, 2.75) is 64.8 Å². The number of aliphatic hydroxyl groups is 1. The molecule has 1 saturated carbocycles. The first-order chi connectivity index (χ1) is 25.7. The average Bonchev–Trinajstić information content (AvgIpc) is 3.92. The van der Waals surface area contributed by atoms with E-state index in [0.29, 0.717) is 54.3 Å². The van der Waals surface area contributed by atoms with Crippen molar-refractivity contribution in [3.8, 4) is 28.7 Å². The van der Waals surface area contributed by atoms with Gasteiger partial charge in [0.25, 0.3) is 0 Å². The molecule has 0 amide bonds. The Bertz CT molecular complexity index is 2400. The van der Waals surface area contributed by atoms with Gasteiger partial charge in [-0.2, -0.15) is 5.26 Å². The summed E-state index contributed by atoms with van der Waals surface area (Å²) in [6.07, 6.45) is 6.35. The highest BCUT2D eigenvalue weighted by atomic mass is 16.4. The van der Waals surface area contributed by atoms with Crippen molar-refractivity contribution in [1.29, 1.82) is 5.26 Å². The van der Waals surface area contributed by atoms with Gasteiger partial charge in [-0.15, -0.1) is 0 Å². The molecule has 11 heteroatoms. The van der Waals surface area contributed by atoms with Gasteiger partial charge < -0.3 is 25.3 Å². The van der Waals surface area contributed by atoms with Gasteiger partial charge in [-0.25, -0.2) is 9.97 Å². The van der Waals surface area contributed by atoms with Crippen molar-refractivity contribution in [1.82, 2.24) is 25.2 Å². The fraction of sp³-hybridized carbons (Fsp3) is 0.310. The molecule has 0 spiro atoms. The van der Waals surface area contributed by atoms with Gasteiger partial charge >= 0.3 is 5.97 Å². The number of anilines is 2. The summed E-state index contributed by atoms with van der Waals surface area (Å²) in [7, 11) is 0. The molecule has 1 saturated heterocycles. The monoisotopic (exact) mass is 707 g/mol. The Labute approximate surface area is 307 Å². The molecule has 4 heterocycles. The second-order valence-electron chi connectivity index (χ2n) is 14.4. The fourth-order valence-electron chi connectivity index (χ4n) is 7.89. The zero-order valence-electron chi connectivity index (χ0n) is 29.8. The van der Waals surface area contributed by atoms with E-state index >= 15 is 0 Å². The van der Waals surface area contributed by atoms with Crippen molar-refractivity contribution < 1.29 is 19.4 Å². The molecule has 6 aromatic rings. The van der Waals surface area contributed by atoms with E-state index in [4.69, 9.17) is 14.4 Å². The second kappa shape index (κ2) is 14.4. The number of aromatic nitrogens is 3. The number of fused-ring (bicyclic) bond motifs is 2. The number of oxazole rings is 1. The van der Waals surface area contributed by atoms with Gasteiger partial charge in [-0.05, 0) is 109 Å². The number of nitriles is 1. The number of rotatable bonds is 10. The van der Waals surface area contributed by atoms with Gasteiger partial charge in [0.1, 0.15) is 17.1 Å². The van der Waals surface area contributed by atoms with Gasteiger partial charge in [0.2, 0.25) is 5.89 Å². The van der Waals surface area contributed by atoms with Crippen molar-refractivity contribution in [2.24, 2.45) is 5.92 Å². The van der Waals surface area contributed by atoms with Gasteiger partial charge in [-0.3, -0.25) is 14.7 Å². The molecule has 2 unspecified atom stereocenters. The highest BCUT2D eigenvalue weighted by Crippen LogP contribution is 2.38. The molecule has 1 aliphatic carbocycles. The quantitative estimate of drug-likeness (QED) is 0.114. The molecular weight excluding hydrogens is 667 g/mol.